The third-order valence-corrected chi connectivity index (χ3v) is 4.21. The molecule has 1 heterocycles. The van der Waals surface area contributed by atoms with Crippen LogP contribution in [0.2, 0.25) is 0 Å². The van der Waals surface area contributed by atoms with Crippen molar-refractivity contribution < 1.29 is 0 Å². The van der Waals surface area contributed by atoms with E-state index < -0.39 is 0 Å². The van der Waals surface area contributed by atoms with E-state index in [1.807, 2.05) is 12.3 Å². The molecule has 3 nitrogen and oxygen atoms in total. The van der Waals surface area contributed by atoms with Gasteiger partial charge in [0.2, 0.25) is 0 Å². The van der Waals surface area contributed by atoms with Crippen LogP contribution in [0.25, 0.3) is 0 Å². The summed E-state index contributed by atoms with van der Waals surface area (Å²) in [7, 11) is 2.13. The number of nitrogens with zero attached hydrogens (tertiary/aromatic N) is 2. The zero-order valence-corrected chi connectivity index (χ0v) is 11.9. The summed E-state index contributed by atoms with van der Waals surface area (Å²) in [5, 5.41) is 0. The molecule has 0 spiro atoms. The van der Waals surface area contributed by atoms with Crippen LogP contribution in [0.1, 0.15) is 25.7 Å². The Morgan fingerprint density at radius 3 is 2.82 bits per heavy atom. The summed E-state index contributed by atoms with van der Waals surface area (Å²) in [4.78, 5) is 6.76. The summed E-state index contributed by atoms with van der Waals surface area (Å²) in [5.74, 6) is 1.65. The van der Waals surface area contributed by atoms with Crippen LogP contribution in [0.4, 0.5) is 5.82 Å². The summed E-state index contributed by atoms with van der Waals surface area (Å²) in [6, 6.07) is 4.65. The van der Waals surface area contributed by atoms with E-state index in [2.05, 4.69) is 38.9 Å². The first kappa shape index (κ1) is 12.8. The predicted octanol–water partition coefficient (Wildman–Crippen LogP) is 2.80. The van der Waals surface area contributed by atoms with Gasteiger partial charge in [-0.05, 0) is 53.4 Å². The van der Waals surface area contributed by atoms with Gasteiger partial charge in [-0.25, -0.2) is 4.98 Å². The lowest BCUT2D eigenvalue weighted by Gasteiger charge is -2.38. The predicted molar refractivity (Wildman–Crippen MR) is 75.1 cm³/mol. The van der Waals surface area contributed by atoms with Crippen LogP contribution < -0.4 is 10.6 Å². The number of hydrogen-bond acceptors (Lipinski definition) is 3. The number of halogens is 1. The molecule has 2 N–H and O–H groups in total. The fourth-order valence-corrected chi connectivity index (χ4v) is 2.95. The van der Waals surface area contributed by atoms with Crippen LogP contribution in [0, 0.1) is 5.92 Å². The molecule has 1 fully saturated rings. The normalized spacial score (nSPS) is 24.6. The van der Waals surface area contributed by atoms with Gasteiger partial charge in [-0.3, -0.25) is 0 Å². The maximum Gasteiger partial charge on any atom is 0.128 e. The quantitative estimate of drug-likeness (QED) is 0.933. The Morgan fingerprint density at radius 2 is 2.18 bits per heavy atom. The second-order valence-electron chi connectivity index (χ2n) is 4.79. The Hall–Kier alpha value is -0.610. The van der Waals surface area contributed by atoms with Gasteiger partial charge < -0.3 is 10.6 Å². The monoisotopic (exact) mass is 297 g/mol. The molecule has 2 atom stereocenters. The van der Waals surface area contributed by atoms with Gasteiger partial charge in [-0.1, -0.05) is 12.8 Å². The Bertz CT molecular complexity index is 352. The van der Waals surface area contributed by atoms with E-state index in [1.54, 1.807) is 0 Å². The number of anilines is 1. The molecular formula is C13H20BrN3. The first-order valence-corrected chi connectivity index (χ1v) is 7.06. The molecule has 0 radical (unpaired) electrons. The molecule has 0 aliphatic heterocycles. The fraction of sp³-hybridized carbons (Fsp3) is 0.615. The molecule has 17 heavy (non-hydrogen) atoms. The van der Waals surface area contributed by atoms with Crippen molar-refractivity contribution in [3.05, 3.63) is 22.8 Å². The molecule has 2 unspecified atom stereocenters. The summed E-state index contributed by atoms with van der Waals surface area (Å²) < 4.78 is 1.02. The summed E-state index contributed by atoms with van der Waals surface area (Å²) >= 11 is 3.42. The fourth-order valence-electron chi connectivity index (χ4n) is 2.72. The van der Waals surface area contributed by atoms with E-state index in [0.29, 0.717) is 12.0 Å². The molecule has 1 aliphatic carbocycles. The summed E-state index contributed by atoms with van der Waals surface area (Å²) in [6.45, 7) is 0.783. The molecule has 94 valence electrons. The van der Waals surface area contributed by atoms with Gasteiger partial charge in [-0.2, -0.15) is 0 Å². The van der Waals surface area contributed by atoms with Crippen molar-refractivity contribution in [1.82, 2.24) is 4.98 Å². The van der Waals surface area contributed by atoms with Crippen molar-refractivity contribution in [2.75, 3.05) is 18.5 Å². The topological polar surface area (TPSA) is 42.2 Å². The smallest absolute Gasteiger partial charge is 0.128 e. The van der Waals surface area contributed by atoms with Crippen molar-refractivity contribution in [3.8, 4) is 0 Å². The molecule has 1 aromatic heterocycles. The lowest BCUT2D eigenvalue weighted by atomic mass is 9.84. The van der Waals surface area contributed by atoms with Crippen molar-refractivity contribution in [1.29, 1.82) is 0 Å². The first-order chi connectivity index (χ1) is 8.22. The molecule has 1 aromatic rings. The molecule has 0 saturated heterocycles. The van der Waals surface area contributed by atoms with Gasteiger partial charge in [0.1, 0.15) is 5.82 Å². The lowest BCUT2D eigenvalue weighted by Crippen LogP contribution is -2.43. The Morgan fingerprint density at radius 1 is 1.41 bits per heavy atom. The molecule has 0 amide bonds. The number of nitrogens with two attached hydrogens (primary N) is 1. The third-order valence-electron chi connectivity index (χ3n) is 3.74. The molecule has 0 aromatic carbocycles. The number of rotatable bonds is 3. The van der Waals surface area contributed by atoms with Gasteiger partial charge in [0.25, 0.3) is 0 Å². The molecule has 0 bridgehead atoms. The second kappa shape index (κ2) is 5.83. The highest BCUT2D eigenvalue weighted by molar-refractivity contribution is 9.10. The van der Waals surface area contributed by atoms with Crippen LogP contribution in [0.15, 0.2) is 22.8 Å². The van der Waals surface area contributed by atoms with Crippen molar-refractivity contribution in [2.24, 2.45) is 11.7 Å². The van der Waals surface area contributed by atoms with Gasteiger partial charge in [0, 0.05) is 23.8 Å². The van der Waals surface area contributed by atoms with E-state index in [1.165, 1.54) is 25.7 Å². The van der Waals surface area contributed by atoms with Gasteiger partial charge in [0.05, 0.1) is 0 Å². The Kier molecular flexibility index (Phi) is 4.40. The highest BCUT2D eigenvalue weighted by atomic mass is 79.9. The van der Waals surface area contributed by atoms with E-state index in [9.17, 15) is 0 Å². The van der Waals surface area contributed by atoms with Crippen molar-refractivity contribution >= 4 is 21.7 Å². The second-order valence-corrected chi connectivity index (χ2v) is 5.71. The zero-order chi connectivity index (χ0) is 12.3. The molecule has 1 aliphatic rings. The van der Waals surface area contributed by atoms with Crippen molar-refractivity contribution in [3.63, 3.8) is 0 Å². The molecule has 2 rings (SSSR count). The maximum absolute atomic E-state index is 5.88. The Labute approximate surface area is 112 Å². The SMILES string of the molecule is CN(c1ccc(Br)cn1)C1CCCCC1CN. The van der Waals surface area contributed by atoms with Gasteiger partial charge in [0.15, 0.2) is 0 Å². The largest absolute Gasteiger partial charge is 0.356 e. The zero-order valence-electron chi connectivity index (χ0n) is 10.3. The first-order valence-electron chi connectivity index (χ1n) is 6.27. The minimum absolute atomic E-state index is 0.544. The van der Waals surface area contributed by atoms with Crippen molar-refractivity contribution in [2.45, 2.75) is 31.7 Å². The van der Waals surface area contributed by atoms with E-state index in [0.717, 1.165) is 16.8 Å². The molecular weight excluding hydrogens is 278 g/mol. The van der Waals surface area contributed by atoms with Crippen LogP contribution in [0.5, 0.6) is 0 Å². The van der Waals surface area contributed by atoms with E-state index in [4.69, 9.17) is 5.73 Å². The van der Waals surface area contributed by atoms with Gasteiger partial charge in [-0.15, -0.1) is 0 Å². The standard InChI is InChI=1S/C13H20BrN3/c1-17(13-7-6-11(14)9-16-13)12-5-3-2-4-10(12)8-15/h6-7,9-10,12H,2-5,8,15H2,1H3. The van der Waals surface area contributed by atoms with Crippen LogP contribution in [0.3, 0.4) is 0 Å². The van der Waals surface area contributed by atoms with Crippen LogP contribution in [-0.2, 0) is 0 Å². The van der Waals surface area contributed by atoms with Crippen LogP contribution >= 0.6 is 15.9 Å². The number of hydrogen-bond donors (Lipinski definition) is 1. The highest BCUT2D eigenvalue weighted by Crippen LogP contribution is 2.29. The number of aromatic nitrogens is 1. The summed E-state index contributed by atoms with van der Waals surface area (Å²) in [5.41, 5.74) is 5.88. The van der Waals surface area contributed by atoms with Gasteiger partial charge >= 0.3 is 0 Å². The minimum atomic E-state index is 0.544. The summed E-state index contributed by atoms with van der Waals surface area (Å²) in [6.07, 6.45) is 6.96. The molecule has 1 saturated carbocycles. The minimum Gasteiger partial charge on any atom is -0.356 e. The van der Waals surface area contributed by atoms with E-state index in [-0.39, 0.29) is 0 Å². The van der Waals surface area contributed by atoms with Crippen LogP contribution in [-0.4, -0.2) is 24.6 Å². The maximum atomic E-state index is 5.88. The highest BCUT2D eigenvalue weighted by Gasteiger charge is 2.27. The van der Waals surface area contributed by atoms with E-state index >= 15 is 0 Å². The average molecular weight is 298 g/mol. The third kappa shape index (κ3) is 2.99. The lowest BCUT2D eigenvalue weighted by molar-refractivity contribution is 0.305. The Balaban J connectivity index is 2.12. The average Bonchev–Trinajstić information content (AvgIpc) is 2.39. The molecule has 4 heteroatoms. The number of pyridine rings is 1.